The molecule has 3 aromatic rings. The summed E-state index contributed by atoms with van der Waals surface area (Å²) in [4.78, 5) is 12.4. The molecule has 0 saturated heterocycles. The van der Waals surface area contributed by atoms with E-state index in [9.17, 15) is 26.4 Å². The van der Waals surface area contributed by atoms with Crippen molar-refractivity contribution in [2.45, 2.75) is 6.54 Å². The summed E-state index contributed by atoms with van der Waals surface area (Å²) in [7, 11) is -4.30. The molecule has 2 aromatic carbocycles. The van der Waals surface area contributed by atoms with Crippen molar-refractivity contribution in [2.24, 2.45) is 0 Å². The van der Waals surface area contributed by atoms with Gasteiger partial charge in [0.25, 0.3) is 10.0 Å². The number of halogens is 3. The van der Waals surface area contributed by atoms with Gasteiger partial charge in [-0.1, -0.05) is 12.1 Å². The Bertz CT molecular complexity index is 1290. The van der Waals surface area contributed by atoms with Crippen molar-refractivity contribution in [2.75, 3.05) is 9.62 Å². The van der Waals surface area contributed by atoms with E-state index in [1.807, 2.05) is 0 Å². The highest BCUT2D eigenvalue weighted by molar-refractivity contribution is 7.97. The van der Waals surface area contributed by atoms with E-state index < -0.39 is 38.2 Å². The second-order valence-corrected chi connectivity index (χ2v) is 9.13. The minimum Gasteiger partial charge on any atom is -0.360 e. The van der Waals surface area contributed by atoms with Crippen LogP contribution in [0.5, 0.6) is 0 Å². The maximum absolute atomic E-state index is 13.6. The number of allylic oxidation sites excluding steroid dienone is 1. The average Bonchev–Trinajstić information content (AvgIpc) is 3.17. The zero-order valence-corrected chi connectivity index (χ0v) is 16.7. The van der Waals surface area contributed by atoms with Gasteiger partial charge in [0.2, 0.25) is 5.78 Å². The van der Waals surface area contributed by atoms with Crippen LogP contribution in [-0.2, 0) is 16.6 Å². The van der Waals surface area contributed by atoms with Crippen molar-refractivity contribution < 1.29 is 26.4 Å². The maximum Gasteiger partial charge on any atom is 0.270 e. The van der Waals surface area contributed by atoms with Gasteiger partial charge in [-0.15, -0.1) is 11.3 Å². The van der Waals surface area contributed by atoms with Gasteiger partial charge in [-0.05, 0) is 41.3 Å². The molecule has 1 aromatic heterocycles. The Morgan fingerprint density at radius 1 is 1.03 bits per heavy atom. The van der Waals surface area contributed by atoms with Gasteiger partial charge in [0.1, 0.15) is 10.7 Å². The van der Waals surface area contributed by atoms with Gasteiger partial charge < -0.3 is 5.32 Å². The van der Waals surface area contributed by atoms with Crippen molar-refractivity contribution in [1.82, 2.24) is 0 Å². The summed E-state index contributed by atoms with van der Waals surface area (Å²) in [5, 5.41) is 4.12. The third kappa shape index (κ3) is 3.59. The SMILES string of the molecule is O=C1/C(=C/Nc2ccc(F)c(F)c2)S(=O)(=O)N(Cc2cccc(F)c2)c2ccsc21. The van der Waals surface area contributed by atoms with E-state index in [0.717, 1.165) is 34.0 Å². The fourth-order valence-corrected chi connectivity index (χ4v) is 5.48. The first-order valence-corrected chi connectivity index (χ1v) is 10.9. The van der Waals surface area contributed by atoms with Crippen LogP contribution in [0.1, 0.15) is 15.2 Å². The Labute approximate surface area is 174 Å². The number of carbonyl (C=O) groups excluding carboxylic acids is 1. The van der Waals surface area contributed by atoms with Gasteiger partial charge in [0.15, 0.2) is 16.5 Å². The highest BCUT2D eigenvalue weighted by Crippen LogP contribution is 2.39. The maximum atomic E-state index is 13.6. The number of Topliss-reactive ketones (excluding diaryl/α,β-unsaturated/α-hetero) is 1. The zero-order chi connectivity index (χ0) is 21.5. The fraction of sp³-hybridized carbons (Fsp3) is 0.0500. The number of benzene rings is 2. The predicted molar refractivity (Wildman–Crippen MR) is 108 cm³/mol. The van der Waals surface area contributed by atoms with E-state index in [0.29, 0.717) is 5.56 Å². The van der Waals surface area contributed by atoms with Crippen LogP contribution in [-0.4, -0.2) is 14.2 Å². The third-order valence-electron chi connectivity index (χ3n) is 4.42. The molecule has 1 aliphatic rings. The van der Waals surface area contributed by atoms with Crippen molar-refractivity contribution >= 4 is 38.5 Å². The van der Waals surface area contributed by atoms with Gasteiger partial charge in [0.05, 0.1) is 12.2 Å². The number of rotatable bonds is 4. The number of hydrogen-bond acceptors (Lipinski definition) is 5. The normalized spacial score (nSPS) is 16.6. The van der Waals surface area contributed by atoms with Crippen LogP contribution in [0, 0.1) is 17.5 Å². The highest BCUT2D eigenvalue weighted by atomic mass is 32.2. The van der Waals surface area contributed by atoms with Crippen LogP contribution in [0.4, 0.5) is 24.5 Å². The van der Waals surface area contributed by atoms with Crippen LogP contribution >= 0.6 is 11.3 Å². The Balaban J connectivity index is 1.74. The minimum absolute atomic E-state index is 0.0676. The Hall–Kier alpha value is -3.11. The molecule has 5 nitrogen and oxygen atoms in total. The quantitative estimate of drug-likeness (QED) is 0.588. The lowest BCUT2D eigenvalue weighted by molar-refractivity contribution is 0.104. The highest BCUT2D eigenvalue weighted by Gasteiger charge is 2.41. The monoisotopic (exact) mass is 450 g/mol. The molecule has 10 heteroatoms. The first-order chi connectivity index (χ1) is 14.3. The van der Waals surface area contributed by atoms with Gasteiger partial charge in [-0.25, -0.2) is 21.6 Å². The van der Waals surface area contributed by atoms with Crippen LogP contribution in [0.2, 0.25) is 0 Å². The standard InChI is InChI=1S/C20H13F3N2O3S2/c21-13-3-1-2-12(8-13)11-25-17-6-7-29-20(17)19(26)18(30(25,27)28)10-24-14-4-5-15(22)16(23)9-14/h1-10,24H,11H2/b18-10-. The molecule has 30 heavy (non-hydrogen) atoms. The molecule has 0 saturated carbocycles. The molecular weight excluding hydrogens is 437 g/mol. The molecule has 0 amide bonds. The Morgan fingerprint density at radius 3 is 2.57 bits per heavy atom. The van der Waals surface area contributed by atoms with Gasteiger partial charge in [-0.2, -0.15) is 0 Å². The molecule has 1 N–H and O–H groups in total. The summed E-state index contributed by atoms with van der Waals surface area (Å²) < 4.78 is 67.5. The van der Waals surface area contributed by atoms with Gasteiger partial charge >= 0.3 is 0 Å². The molecule has 2 heterocycles. The molecule has 154 valence electrons. The Kier molecular flexibility index (Phi) is 5.12. The summed E-state index contributed by atoms with van der Waals surface area (Å²) >= 11 is 1.07. The molecule has 1 aliphatic heterocycles. The predicted octanol–water partition coefficient (Wildman–Crippen LogP) is 4.65. The number of thiophene rings is 1. The average molecular weight is 450 g/mol. The molecular formula is C20H13F3N2O3S2. The summed E-state index contributed by atoms with van der Waals surface area (Å²) in [6, 6.07) is 9.91. The number of sulfonamides is 1. The second kappa shape index (κ2) is 7.62. The first kappa shape index (κ1) is 20.2. The summed E-state index contributed by atoms with van der Waals surface area (Å²) in [6.45, 7) is -0.181. The van der Waals surface area contributed by atoms with Crippen LogP contribution in [0.15, 0.2) is 65.0 Å². The number of fused-ring (bicyclic) bond motifs is 1. The number of hydrogen-bond donors (Lipinski definition) is 1. The number of anilines is 2. The molecule has 0 aliphatic carbocycles. The topological polar surface area (TPSA) is 66.5 Å². The van der Waals surface area contributed by atoms with Crippen molar-refractivity contribution in [1.29, 1.82) is 0 Å². The number of nitrogens with zero attached hydrogens (tertiary/aromatic N) is 1. The van der Waals surface area contributed by atoms with E-state index in [1.165, 1.54) is 30.3 Å². The van der Waals surface area contributed by atoms with E-state index >= 15 is 0 Å². The summed E-state index contributed by atoms with van der Waals surface area (Å²) in [6.07, 6.45) is 0.950. The molecule has 0 fully saturated rings. The van der Waals surface area contributed by atoms with Crippen molar-refractivity contribution in [3.63, 3.8) is 0 Å². The van der Waals surface area contributed by atoms with E-state index in [-0.39, 0.29) is 22.8 Å². The van der Waals surface area contributed by atoms with Gasteiger partial charge in [0, 0.05) is 18.0 Å². The molecule has 0 bridgehead atoms. The number of carbonyl (C=O) groups is 1. The molecule has 0 spiro atoms. The Morgan fingerprint density at radius 2 is 1.83 bits per heavy atom. The van der Waals surface area contributed by atoms with E-state index in [1.54, 1.807) is 11.4 Å². The van der Waals surface area contributed by atoms with Crippen LogP contribution < -0.4 is 9.62 Å². The van der Waals surface area contributed by atoms with Crippen LogP contribution in [0.3, 0.4) is 0 Å². The lowest BCUT2D eigenvalue weighted by Gasteiger charge is -2.29. The van der Waals surface area contributed by atoms with E-state index in [4.69, 9.17) is 0 Å². The van der Waals surface area contributed by atoms with Crippen molar-refractivity contribution in [3.05, 3.63) is 92.9 Å². The van der Waals surface area contributed by atoms with Crippen LogP contribution in [0.25, 0.3) is 0 Å². The number of ketones is 1. The summed E-state index contributed by atoms with van der Waals surface area (Å²) in [5.74, 6) is -3.41. The second-order valence-electron chi connectivity index (χ2n) is 6.39. The molecule has 0 radical (unpaired) electrons. The van der Waals surface area contributed by atoms with Crippen molar-refractivity contribution in [3.8, 4) is 0 Å². The molecule has 0 unspecified atom stereocenters. The molecule has 0 atom stereocenters. The van der Waals surface area contributed by atoms with Gasteiger partial charge in [-0.3, -0.25) is 9.10 Å². The van der Waals surface area contributed by atoms with E-state index in [2.05, 4.69) is 5.32 Å². The summed E-state index contributed by atoms with van der Waals surface area (Å²) in [5.41, 5.74) is 0.676. The first-order valence-electron chi connectivity index (χ1n) is 8.58. The third-order valence-corrected chi connectivity index (χ3v) is 7.08. The minimum atomic E-state index is -4.30. The lowest BCUT2D eigenvalue weighted by atomic mass is 10.2. The fourth-order valence-electron chi connectivity index (χ4n) is 2.99. The zero-order valence-electron chi connectivity index (χ0n) is 15.1. The largest absolute Gasteiger partial charge is 0.360 e. The number of nitrogens with one attached hydrogen (secondary N) is 1. The smallest absolute Gasteiger partial charge is 0.270 e. The lowest BCUT2D eigenvalue weighted by Crippen LogP contribution is -2.38. The molecule has 4 rings (SSSR count).